The van der Waals surface area contributed by atoms with Crippen molar-refractivity contribution in [2.24, 2.45) is 11.8 Å². The molecular formula is C26H34N4O3. The summed E-state index contributed by atoms with van der Waals surface area (Å²) in [7, 11) is 0. The number of likely N-dealkylation sites (tertiary alicyclic amines) is 1. The molecule has 0 bridgehead atoms. The Kier molecular flexibility index (Phi) is 7.60. The van der Waals surface area contributed by atoms with Gasteiger partial charge >= 0.3 is 0 Å². The van der Waals surface area contributed by atoms with Gasteiger partial charge < -0.3 is 10.2 Å². The summed E-state index contributed by atoms with van der Waals surface area (Å²) in [4.78, 5) is 28.2. The fourth-order valence-electron chi connectivity index (χ4n) is 4.84. The van der Waals surface area contributed by atoms with E-state index in [1.807, 2.05) is 11.0 Å². The van der Waals surface area contributed by atoms with Crippen molar-refractivity contribution in [1.82, 2.24) is 10.2 Å². The summed E-state index contributed by atoms with van der Waals surface area (Å²) in [6, 6.07) is 15.4. The van der Waals surface area contributed by atoms with Crippen LogP contribution in [-0.4, -0.2) is 41.9 Å². The van der Waals surface area contributed by atoms with Crippen molar-refractivity contribution >= 4 is 17.3 Å². The highest BCUT2D eigenvalue weighted by atomic mass is 16.6. The van der Waals surface area contributed by atoms with Crippen LogP contribution in [0.2, 0.25) is 0 Å². The number of carbonyl (C=O) groups is 1. The first-order chi connectivity index (χ1) is 16.0. The van der Waals surface area contributed by atoms with Crippen LogP contribution in [-0.2, 0) is 17.9 Å². The molecule has 2 aromatic rings. The van der Waals surface area contributed by atoms with Crippen molar-refractivity contribution in [2.75, 3.05) is 31.1 Å². The zero-order valence-electron chi connectivity index (χ0n) is 19.4. The third-order valence-electron chi connectivity index (χ3n) is 7.06. The van der Waals surface area contributed by atoms with Crippen molar-refractivity contribution in [3.8, 4) is 0 Å². The number of amides is 1. The Morgan fingerprint density at radius 3 is 2.27 bits per heavy atom. The first-order valence-corrected chi connectivity index (χ1v) is 12.1. The topological polar surface area (TPSA) is 78.7 Å². The quantitative estimate of drug-likeness (QED) is 0.501. The highest BCUT2D eigenvalue weighted by Gasteiger charge is 2.28. The van der Waals surface area contributed by atoms with Gasteiger partial charge in [-0.2, -0.15) is 0 Å². The van der Waals surface area contributed by atoms with Gasteiger partial charge in [0.1, 0.15) is 5.69 Å². The van der Waals surface area contributed by atoms with E-state index in [0.717, 1.165) is 18.0 Å². The van der Waals surface area contributed by atoms with E-state index < -0.39 is 0 Å². The second kappa shape index (κ2) is 10.8. The van der Waals surface area contributed by atoms with Crippen LogP contribution in [0.1, 0.15) is 43.7 Å². The zero-order chi connectivity index (χ0) is 23.2. The summed E-state index contributed by atoms with van der Waals surface area (Å²) in [5.41, 5.74) is 3.19. The number of hydrogen-bond donors (Lipinski definition) is 1. The third kappa shape index (κ3) is 6.11. The van der Waals surface area contributed by atoms with E-state index in [0.29, 0.717) is 38.2 Å². The number of piperidine rings is 2. The summed E-state index contributed by atoms with van der Waals surface area (Å²) >= 11 is 0. The van der Waals surface area contributed by atoms with Crippen LogP contribution in [0.4, 0.5) is 11.4 Å². The molecule has 2 aliphatic heterocycles. The van der Waals surface area contributed by atoms with E-state index in [2.05, 4.69) is 41.4 Å². The molecule has 0 atom stereocenters. The largest absolute Gasteiger partial charge is 0.366 e. The molecule has 0 radical (unpaired) electrons. The lowest BCUT2D eigenvalue weighted by Crippen LogP contribution is -2.40. The van der Waals surface area contributed by atoms with Gasteiger partial charge in [-0.05, 0) is 61.9 Å². The van der Waals surface area contributed by atoms with Crippen LogP contribution in [0, 0.1) is 22.0 Å². The highest BCUT2D eigenvalue weighted by molar-refractivity contribution is 5.79. The van der Waals surface area contributed by atoms with Gasteiger partial charge in [0.2, 0.25) is 5.91 Å². The Morgan fingerprint density at radius 2 is 1.61 bits per heavy atom. The van der Waals surface area contributed by atoms with Crippen molar-refractivity contribution < 1.29 is 9.72 Å². The number of benzene rings is 2. The summed E-state index contributed by atoms with van der Waals surface area (Å²) in [5.74, 6) is 0.866. The number of carbonyl (C=O) groups excluding carboxylic acids is 1. The summed E-state index contributed by atoms with van der Waals surface area (Å²) in [6.07, 6.45) is 3.97. The molecule has 2 fully saturated rings. The second-order valence-electron chi connectivity index (χ2n) is 9.50. The lowest BCUT2D eigenvalue weighted by molar-refractivity contribution is -0.384. The molecule has 1 N–H and O–H groups in total. The minimum absolute atomic E-state index is 0.0511. The van der Waals surface area contributed by atoms with Gasteiger partial charge in [0, 0.05) is 38.2 Å². The van der Waals surface area contributed by atoms with Crippen LogP contribution in [0.5, 0.6) is 0 Å². The Morgan fingerprint density at radius 1 is 0.970 bits per heavy atom. The van der Waals surface area contributed by atoms with Gasteiger partial charge in [-0.15, -0.1) is 0 Å². The fourth-order valence-corrected chi connectivity index (χ4v) is 4.84. The molecule has 0 aliphatic carbocycles. The smallest absolute Gasteiger partial charge is 0.292 e. The molecule has 176 valence electrons. The molecule has 0 spiro atoms. The van der Waals surface area contributed by atoms with E-state index in [1.54, 1.807) is 12.1 Å². The average molecular weight is 451 g/mol. The van der Waals surface area contributed by atoms with E-state index in [9.17, 15) is 14.9 Å². The molecule has 1 amide bonds. The molecule has 0 unspecified atom stereocenters. The van der Waals surface area contributed by atoms with Gasteiger partial charge in [0.25, 0.3) is 5.69 Å². The molecule has 2 aromatic carbocycles. The molecule has 0 aromatic heterocycles. The minimum Gasteiger partial charge on any atom is -0.366 e. The normalized spacial score (nSPS) is 18.3. The van der Waals surface area contributed by atoms with E-state index in [4.69, 9.17) is 0 Å². The van der Waals surface area contributed by atoms with Gasteiger partial charge in [-0.1, -0.05) is 43.3 Å². The molecule has 2 aliphatic rings. The Balaban J connectivity index is 1.22. The monoisotopic (exact) mass is 450 g/mol. The minimum atomic E-state index is -0.341. The van der Waals surface area contributed by atoms with Crippen LogP contribution >= 0.6 is 0 Å². The maximum absolute atomic E-state index is 12.7. The number of nitrogens with zero attached hydrogens (tertiary/aromatic N) is 3. The number of rotatable bonds is 7. The molecule has 4 rings (SSSR count). The molecule has 7 heteroatoms. The third-order valence-corrected chi connectivity index (χ3v) is 7.06. The van der Waals surface area contributed by atoms with E-state index >= 15 is 0 Å². The molecule has 0 saturated carbocycles. The SMILES string of the molecule is CC1CCN(Cc2ccc(CNC(=O)C3CCN(c4ccccc4[N+](=O)[O-])CC3)cc2)CC1. The standard InChI is InChI=1S/C26H34N4O3/c1-20-10-14-28(15-11-20)19-22-8-6-21(7-9-22)18-27-26(31)23-12-16-29(17-13-23)24-4-2-3-5-25(24)30(32)33/h2-9,20,23H,10-19H2,1H3,(H,27,31). The predicted octanol–water partition coefficient (Wildman–Crippen LogP) is 4.36. The summed E-state index contributed by atoms with van der Waals surface area (Å²) in [5, 5.41) is 14.4. The Labute approximate surface area is 195 Å². The van der Waals surface area contributed by atoms with Crippen molar-refractivity contribution in [3.63, 3.8) is 0 Å². The Hall–Kier alpha value is -2.93. The molecule has 7 nitrogen and oxygen atoms in total. The average Bonchev–Trinajstić information content (AvgIpc) is 2.85. The van der Waals surface area contributed by atoms with E-state index in [1.165, 1.54) is 37.6 Å². The molecule has 2 saturated heterocycles. The van der Waals surface area contributed by atoms with Crippen LogP contribution in [0.3, 0.4) is 0 Å². The van der Waals surface area contributed by atoms with Gasteiger partial charge in [-0.25, -0.2) is 0 Å². The number of para-hydroxylation sites is 2. The van der Waals surface area contributed by atoms with Crippen LogP contribution in [0.25, 0.3) is 0 Å². The second-order valence-corrected chi connectivity index (χ2v) is 9.50. The Bertz CT molecular complexity index is 946. The fraction of sp³-hybridized carbons (Fsp3) is 0.500. The molecular weight excluding hydrogens is 416 g/mol. The van der Waals surface area contributed by atoms with E-state index in [-0.39, 0.29) is 22.4 Å². The lowest BCUT2D eigenvalue weighted by atomic mass is 9.95. The van der Waals surface area contributed by atoms with Gasteiger partial charge in [0.05, 0.1) is 4.92 Å². The van der Waals surface area contributed by atoms with Crippen LogP contribution in [0.15, 0.2) is 48.5 Å². The highest BCUT2D eigenvalue weighted by Crippen LogP contribution is 2.31. The van der Waals surface area contributed by atoms with Crippen molar-refractivity contribution in [2.45, 2.75) is 45.7 Å². The lowest BCUT2D eigenvalue weighted by Gasteiger charge is -2.32. The van der Waals surface area contributed by atoms with Crippen molar-refractivity contribution in [3.05, 3.63) is 69.8 Å². The maximum atomic E-state index is 12.7. The molecule has 2 heterocycles. The number of anilines is 1. The first-order valence-electron chi connectivity index (χ1n) is 12.1. The van der Waals surface area contributed by atoms with Crippen LogP contribution < -0.4 is 10.2 Å². The number of hydrogen-bond acceptors (Lipinski definition) is 5. The number of nitrogens with one attached hydrogen (secondary N) is 1. The maximum Gasteiger partial charge on any atom is 0.292 e. The summed E-state index contributed by atoms with van der Waals surface area (Å²) < 4.78 is 0. The van der Waals surface area contributed by atoms with Crippen molar-refractivity contribution in [1.29, 1.82) is 0 Å². The number of nitro benzene ring substituents is 1. The predicted molar refractivity (Wildman–Crippen MR) is 130 cm³/mol. The molecule has 33 heavy (non-hydrogen) atoms. The van der Waals surface area contributed by atoms with Gasteiger partial charge in [-0.3, -0.25) is 19.8 Å². The summed E-state index contributed by atoms with van der Waals surface area (Å²) in [6.45, 7) is 7.51. The van der Waals surface area contributed by atoms with Gasteiger partial charge in [0.15, 0.2) is 0 Å². The number of nitro groups is 1. The first kappa shape index (κ1) is 23.2. The zero-order valence-corrected chi connectivity index (χ0v) is 19.4.